The number of aliphatic carboxylic acids is 1. The molecule has 0 unspecified atom stereocenters. The number of aliphatic hydroxyl groups is 1. The van der Waals surface area contributed by atoms with Gasteiger partial charge in [-0.05, 0) is 74.9 Å². The minimum atomic E-state index is -1.15. The van der Waals surface area contributed by atoms with Crippen molar-refractivity contribution in [2.24, 2.45) is 0 Å². The van der Waals surface area contributed by atoms with Crippen molar-refractivity contribution >= 4 is 35.2 Å². The van der Waals surface area contributed by atoms with E-state index < -0.39 is 24.6 Å². The van der Waals surface area contributed by atoms with Crippen LogP contribution in [0.25, 0.3) is 0 Å². The van der Waals surface area contributed by atoms with Gasteiger partial charge in [-0.1, -0.05) is 12.1 Å². The number of carboxylic acids is 1. The minimum Gasteiger partial charge on any atom is -0.487 e. The van der Waals surface area contributed by atoms with Gasteiger partial charge in [-0.2, -0.15) is 0 Å². The molecule has 42 heavy (non-hydrogen) atoms. The lowest BCUT2D eigenvalue weighted by Crippen LogP contribution is -2.31. The van der Waals surface area contributed by atoms with Gasteiger partial charge in [0.05, 0.1) is 24.9 Å². The molecule has 3 aromatic rings. The number of carbonyl (C=O) groups excluding carboxylic acids is 2. The Balaban J connectivity index is 1.78. The largest absolute Gasteiger partial charge is 0.487 e. The third kappa shape index (κ3) is 8.96. The number of nitrogens with one attached hydrogen (secondary N) is 4. The summed E-state index contributed by atoms with van der Waals surface area (Å²) in [7, 11) is 0. The molecule has 12 heteroatoms. The van der Waals surface area contributed by atoms with Crippen LogP contribution in [-0.4, -0.2) is 53.3 Å². The lowest BCUT2D eigenvalue weighted by atomic mass is 10.1. The van der Waals surface area contributed by atoms with E-state index in [9.17, 15) is 19.5 Å². The molecule has 0 heterocycles. The van der Waals surface area contributed by atoms with Crippen molar-refractivity contribution in [3.8, 4) is 11.5 Å². The summed E-state index contributed by atoms with van der Waals surface area (Å²) in [5.74, 6) is -1.17. The van der Waals surface area contributed by atoms with Crippen LogP contribution in [0, 0.1) is 5.41 Å². The van der Waals surface area contributed by atoms with Gasteiger partial charge >= 0.3 is 12.1 Å². The second kappa shape index (κ2) is 15.1. The Morgan fingerprint density at radius 2 is 1.74 bits per heavy atom. The predicted molar refractivity (Wildman–Crippen MR) is 156 cm³/mol. The molecule has 0 aliphatic carbocycles. The standard InChI is InChI=1S/C30H34N4O8/c1-4-40-30(39)34-28(31)20-9-11-22(12-10-20)33-29(38)23-7-5-6-8-24(23)32-15-21-13-19(16-35)14-25(42-18(2)3)27(21)41-17-26(36)37/h5-14,18,32,35H,4,15-17H2,1-3H3,(H,33,38)(H,36,37)(H2,31,34,39). The van der Waals surface area contributed by atoms with Gasteiger partial charge in [0.25, 0.3) is 5.91 Å². The van der Waals surface area contributed by atoms with Crippen molar-refractivity contribution in [2.45, 2.75) is 40.0 Å². The van der Waals surface area contributed by atoms with Gasteiger partial charge in [0.2, 0.25) is 0 Å². The zero-order valence-corrected chi connectivity index (χ0v) is 23.5. The van der Waals surface area contributed by atoms with Crippen LogP contribution in [0.2, 0.25) is 0 Å². The first kappa shape index (κ1) is 31.4. The van der Waals surface area contributed by atoms with Crippen LogP contribution >= 0.6 is 0 Å². The molecule has 0 saturated carbocycles. The maximum atomic E-state index is 13.2. The monoisotopic (exact) mass is 578 g/mol. The van der Waals surface area contributed by atoms with E-state index in [0.29, 0.717) is 39.4 Å². The van der Waals surface area contributed by atoms with E-state index in [4.69, 9.17) is 24.7 Å². The van der Waals surface area contributed by atoms with Crippen LogP contribution in [-0.2, 0) is 22.7 Å². The molecule has 6 N–H and O–H groups in total. The van der Waals surface area contributed by atoms with E-state index in [2.05, 4.69) is 16.0 Å². The highest BCUT2D eigenvalue weighted by Crippen LogP contribution is 2.35. The fourth-order valence-corrected chi connectivity index (χ4v) is 3.87. The molecule has 0 atom stereocenters. The highest BCUT2D eigenvalue weighted by molar-refractivity contribution is 6.08. The number of alkyl carbamates (subject to hydrolysis) is 1. The van der Waals surface area contributed by atoms with Crippen LogP contribution < -0.4 is 25.4 Å². The number of amides is 2. The Morgan fingerprint density at radius 1 is 1.02 bits per heavy atom. The van der Waals surface area contributed by atoms with Crippen molar-refractivity contribution < 1.29 is 38.8 Å². The molecule has 0 fully saturated rings. The van der Waals surface area contributed by atoms with Crippen molar-refractivity contribution in [1.82, 2.24) is 5.32 Å². The summed E-state index contributed by atoms with van der Waals surface area (Å²) >= 11 is 0. The van der Waals surface area contributed by atoms with Crippen molar-refractivity contribution in [1.29, 1.82) is 5.41 Å². The number of aliphatic hydroxyl groups excluding tert-OH is 1. The summed E-state index contributed by atoms with van der Waals surface area (Å²) < 4.78 is 16.2. The van der Waals surface area contributed by atoms with Crippen molar-refractivity contribution in [3.63, 3.8) is 0 Å². The van der Waals surface area contributed by atoms with Gasteiger partial charge in [-0.15, -0.1) is 0 Å². The van der Waals surface area contributed by atoms with Gasteiger partial charge in [0, 0.05) is 29.0 Å². The molecule has 3 aromatic carbocycles. The van der Waals surface area contributed by atoms with Gasteiger partial charge in [0.15, 0.2) is 18.1 Å². The molecule has 0 saturated heterocycles. The first-order valence-corrected chi connectivity index (χ1v) is 13.2. The summed E-state index contributed by atoms with van der Waals surface area (Å²) in [5.41, 5.74) is 2.81. The van der Waals surface area contributed by atoms with Crippen LogP contribution in [0.4, 0.5) is 16.2 Å². The zero-order chi connectivity index (χ0) is 30.6. The molecule has 12 nitrogen and oxygen atoms in total. The maximum Gasteiger partial charge on any atom is 0.412 e. The topological polar surface area (TPSA) is 179 Å². The third-order valence-electron chi connectivity index (χ3n) is 5.65. The Morgan fingerprint density at radius 3 is 2.38 bits per heavy atom. The SMILES string of the molecule is CCOC(=O)NC(=N)c1ccc(NC(=O)c2ccccc2NCc2cc(CO)cc(OC(C)C)c2OCC(=O)O)cc1. The van der Waals surface area contributed by atoms with Gasteiger partial charge < -0.3 is 35.1 Å². The lowest BCUT2D eigenvalue weighted by Gasteiger charge is -2.20. The molecule has 2 amide bonds. The maximum absolute atomic E-state index is 13.2. The summed E-state index contributed by atoms with van der Waals surface area (Å²) in [6.45, 7) is 4.76. The fraction of sp³-hybridized carbons (Fsp3) is 0.267. The second-order valence-corrected chi connectivity index (χ2v) is 9.24. The zero-order valence-electron chi connectivity index (χ0n) is 23.5. The third-order valence-corrected chi connectivity index (χ3v) is 5.65. The van der Waals surface area contributed by atoms with E-state index in [1.165, 1.54) is 0 Å². The number of hydrogen-bond donors (Lipinski definition) is 6. The minimum absolute atomic E-state index is 0.131. The molecular weight excluding hydrogens is 544 g/mol. The molecular formula is C30H34N4O8. The second-order valence-electron chi connectivity index (χ2n) is 9.24. The van der Waals surface area contributed by atoms with Crippen molar-refractivity contribution in [2.75, 3.05) is 23.8 Å². The van der Waals surface area contributed by atoms with E-state index >= 15 is 0 Å². The van der Waals surface area contributed by atoms with Crippen LogP contribution in [0.3, 0.4) is 0 Å². The number of para-hydroxylation sites is 1. The van der Waals surface area contributed by atoms with Gasteiger partial charge in [-0.3, -0.25) is 15.5 Å². The average molecular weight is 579 g/mol. The lowest BCUT2D eigenvalue weighted by molar-refractivity contribution is -0.139. The molecule has 0 radical (unpaired) electrons. The number of hydrogen-bond acceptors (Lipinski definition) is 9. The van der Waals surface area contributed by atoms with Crippen LogP contribution in [0.5, 0.6) is 11.5 Å². The molecule has 222 valence electrons. The summed E-state index contributed by atoms with van der Waals surface area (Å²) in [6, 6.07) is 16.5. The summed E-state index contributed by atoms with van der Waals surface area (Å²) in [4.78, 5) is 36.0. The first-order chi connectivity index (χ1) is 20.1. The Labute approximate surface area is 243 Å². The summed E-state index contributed by atoms with van der Waals surface area (Å²) in [5, 5.41) is 35.3. The van der Waals surface area contributed by atoms with Gasteiger partial charge in [0.1, 0.15) is 5.84 Å². The molecule has 3 rings (SSSR count). The first-order valence-electron chi connectivity index (χ1n) is 13.2. The number of rotatable bonds is 13. The van der Waals surface area contributed by atoms with Crippen LogP contribution in [0.1, 0.15) is 47.8 Å². The number of amidine groups is 1. The highest BCUT2D eigenvalue weighted by Gasteiger charge is 2.18. The molecule has 0 aliphatic rings. The fourth-order valence-electron chi connectivity index (χ4n) is 3.87. The smallest absolute Gasteiger partial charge is 0.412 e. The van der Waals surface area contributed by atoms with E-state index in [-0.39, 0.29) is 37.4 Å². The number of anilines is 2. The quantitative estimate of drug-likeness (QED) is 0.127. The number of benzene rings is 3. The Hall–Kier alpha value is -5.10. The average Bonchev–Trinajstić information content (AvgIpc) is 2.95. The number of carboxylic acid groups (broad SMARTS) is 1. The Kier molecular flexibility index (Phi) is 11.3. The predicted octanol–water partition coefficient (Wildman–Crippen LogP) is 4.37. The van der Waals surface area contributed by atoms with E-state index in [1.807, 2.05) is 13.8 Å². The van der Waals surface area contributed by atoms with Crippen molar-refractivity contribution in [3.05, 3.63) is 82.9 Å². The van der Waals surface area contributed by atoms with E-state index in [0.717, 1.165) is 0 Å². The van der Waals surface area contributed by atoms with Crippen LogP contribution in [0.15, 0.2) is 60.7 Å². The van der Waals surface area contributed by atoms with E-state index in [1.54, 1.807) is 67.6 Å². The molecule has 0 aliphatic heterocycles. The molecule has 0 spiro atoms. The highest BCUT2D eigenvalue weighted by atomic mass is 16.5. The Bertz CT molecular complexity index is 1420. The summed E-state index contributed by atoms with van der Waals surface area (Å²) in [6.07, 6.45) is -0.957. The van der Waals surface area contributed by atoms with Gasteiger partial charge in [-0.25, -0.2) is 9.59 Å². The molecule has 0 aromatic heterocycles. The number of ether oxygens (including phenoxy) is 3. The normalized spacial score (nSPS) is 10.5. The number of carbonyl (C=O) groups is 3. The molecule has 0 bridgehead atoms.